The molecule has 2 aromatic rings. The molecule has 0 amide bonds. The summed E-state index contributed by atoms with van der Waals surface area (Å²) in [6, 6.07) is 5.48. The molecule has 2 rings (SSSR count). The maximum absolute atomic E-state index is 11.0. The summed E-state index contributed by atoms with van der Waals surface area (Å²) in [6.07, 6.45) is 0.656. The minimum absolute atomic E-state index is 0.0844. The van der Waals surface area contributed by atoms with Crippen molar-refractivity contribution >= 4 is 28.9 Å². The summed E-state index contributed by atoms with van der Waals surface area (Å²) < 4.78 is 5.36. The highest BCUT2D eigenvalue weighted by Crippen LogP contribution is 2.34. The normalized spacial score (nSPS) is 11.4. The SMILES string of the molecule is COc1ccc(Cl)cc1CC(C)(C)c1nc(C(=O)O)cs1. The molecule has 0 aliphatic carbocycles. The number of hydrogen-bond acceptors (Lipinski definition) is 4. The zero-order valence-corrected chi connectivity index (χ0v) is 13.6. The Hall–Kier alpha value is -1.59. The predicted molar refractivity (Wildman–Crippen MR) is 83.8 cm³/mol. The van der Waals surface area contributed by atoms with Crippen LogP contribution < -0.4 is 4.74 Å². The van der Waals surface area contributed by atoms with E-state index in [9.17, 15) is 4.79 Å². The zero-order chi connectivity index (χ0) is 15.6. The van der Waals surface area contributed by atoms with E-state index in [1.165, 1.54) is 11.3 Å². The number of aromatic nitrogens is 1. The van der Waals surface area contributed by atoms with Crippen LogP contribution in [0.5, 0.6) is 5.75 Å². The monoisotopic (exact) mass is 325 g/mol. The van der Waals surface area contributed by atoms with Crippen molar-refractivity contribution in [1.82, 2.24) is 4.98 Å². The third-order valence-electron chi connectivity index (χ3n) is 3.18. The fraction of sp³-hybridized carbons (Fsp3) is 0.333. The lowest BCUT2D eigenvalue weighted by Crippen LogP contribution is -2.21. The number of carboxylic acids is 1. The van der Waals surface area contributed by atoms with Crippen molar-refractivity contribution < 1.29 is 14.6 Å². The molecule has 0 unspecified atom stereocenters. The number of halogens is 1. The van der Waals surface area contributed by atoms with Crippen molar-refractivity contribution in [3.05, 3.63) is 44.9 Å². The molecule has 0 radical (unpaired) electrons. The van der Waals surface area contributed by atoms with Crippen LogP contribution in [0.2, 0.25) is 5.02 Å². The first kappa shape index (κ1) is 15.8. The number of carbonyl (C=O) groups is 1. The van der Waals surface area contributed by atoms with Crippen molar-refractivity contribution in [2.45, 2.75) is 25.7 Å². The largest absolute Gasteiger partial charge is 0.496 e. The molecule has 0 spiro atoms. The second-order valence-corrected chi connectivity index (χ2v) is 6.65. The predicted octanol–water partition coefficient (Wildman–Crippen LogP) is 4.02. The Morgan fingerprint density at radius 1 is 1.48 bits per heavy atom. The van der Waals surface area contributed by atoms with Crippen molar-refractivity contribution in [3.63, 3.8) is 0 Å². The molecular formula is C15H16ClNO3S. The molecule has 0 saturated carbocycles. The lowest BCUT2D eigenvalue weighted by molar-refractivity contribution is 0.0691. The van der Waals surface area contributed by atoms with Gasteiger partial charge in [-0.25, -0.2) is 9.78 Å². The molecule has 1 heterocycles. The van der Waals surface area contributed by atoms with Crippen molar-refractivity contribution in [1.29, 1.82) is 0 Å². The summed E-state index contributed by atoms with van der Waals surface area (Å²) in [4.78, 5) is 15.2. The average molecular weight is 326 g/mol. The standard InChI is InChI=1S/C15H16ClNO3S/c1-15(2,14-17-11(8-21-14)13(18)19)7-9-6-10(16)4-5-12(9)20-3/h4-6,8H,7H2,1-3H3,(H,18,19). The summed E-state index contributed by atoms with van der Waals surface area (Å²) in [5.74, 6) is -0.240. The first-order chi connectivity index (χ1) is 9.83. The van der Waals surface area contributed by atoms with Gasteiger partial charge < -0.3 is 9.84 Å². The molecule has 0 fully saturated rings. The number of aromatic carboxylic acids is 1. The second kappa shape index (κ2) is 6.03. The van der Waals surface area contributed by atoms with Crippen LogP contribution in [-0.4, -0.2) is 23.2 Å². The number of ether oxygens (including phenoxy) is 1. The molecule has 0 aliphatic rings. The van der Waals surface area contributed by atoms with Crippen molar-refractivity contribution in [2.24, 2.45) is 0 Å². The van der Waals surface area contributed by atoms with E-state index in [1.807, 2.05) is 26.0 Å². The quantitative estimate of drug-likeness (QED) is 0.901. The molecule has 112 valence electrons. The van der Waals surface area contributed by atoms with Gasteiger partial charge >= 0.3 is 5.97 Å². The van der Waals surface area contributed by atoms with Gasteiger partial charge in [0.2, 0.25) is 0 Å². The van der Waals surface area contributed by atoms with Gasteiger partial charge in [0.1, 0.15) is 5.75 Å². The molecule has 1 N–H and O–H groups in total. The van der Waals surface area contributed by atoms with Gasteiger partial charge in [0, 0.05) is 15.8 Å². The van der Waals surface area contributed by atoms with Crippen molar-refractivity contribution in [2.75, 3.05) is 7.11 Å². The molecule has 4 nitrogen and oxygen atoms in total. The fourth-order valence-corrected chi connectivity index (χ4v) is 3.23. The van der Waals surface area contributed by atoms with Crippen LogP contribution in [-0.2, 0) is 11.8 Å². The number of methoxy groups -OCH3 is 1. The van der Waals surface area contributed by atoms with E-state index < -0.39 is 5.97 Å². The Morgan fingerprint density at radius 3 is 2.76 bits per heavy atom. The number of rotatable bonds is 5. The van der Waals surface area contributed by atoms with E-state index >= 15 is 0 Å². The van der Waals surface area contributed by atoms with Gasteiger partial charge in [-0.1, -0.05) is 25.4 Å². The molecule has 0 saturated heterocycles. The van der Waals surface area contributed by atoms with Crippen LogP contribution in [0.3, 0.4) is 0 Å². The third kappa shape index (κ3) is 3.54. The van der Waals surface area contributed by atoms with E-state index in [2.05, 4.69) is 4.98 Å². The summed E-state index contributed by atoms with van der Waals surface area (Å²) in [6.45, 7) is 4.05. The van der Waals surface area contributed by atoms with E-state index in [0.717, 1.165) is 16.3 Å². The molecule has 0 atom stereocenters. The molecule has 21 heavy (non-hydrogen) atoms. The fourth-order valence-electron chi connectivity index (χ4n) is 2.12. The molecule has 1 aromatic carbocycles. The summed E-state index contributed by atoms with van der Waals surface area (Å²) >= 11 is 7.40. The number of benzene rings is 1. The zero-order valence-electron chi connectivity index (χ0n) is 12.0. The van der Waals surface area contributed by atoms with Crippen LogP contribution in [0.15, 0.2) is 23.6 Å². The van der Waals surface area contributed by atoms with Crippen LogP contribution in [0, 0.1) is 0 Å². The highest BCUT2D eigenvalue weighted by Gasteiger charge is 2.27. The number of nitrogens with zero attached hydrogens (tertiary/aromatic N) is 1. The van der Waals surface area contributed by atoms with E-state index in [-0.39, 0.29) is 11.1 Å². The lowest BCUT2D eigenvalue weighted by atomic mass is 9.86. The maximum Gasteiger partial charge on any atom is 0.355 e. The topological polar surface area (TPSA) is 59.4 Å². The van der Waals surface area contributed by atoms with Gasteiger partial charge in [-0.3, -0.25) is 0 Å². The first-order valence-electron chi connectivity index (χ1n) is 6.35. The minimum atomic E-state index is -1.01. The second-order valence-electron chi connectivity index (χ2n) is 5.36. The van der Waals surface area contributed by atoms with Gasteiger partial charge in [-0.2, -0.15) is 0 Å². The minimum Gasteiger partial charge on any atom is -0.496 e. The Bertz CT molecular complexity index is 667. The highest BCUT2D eigenvalue weighted by atomic mass is 35.5. The van der Waals surface area contributed by atoms with Crippen LogP contribution >= 0.6 is 22.9 Å². The summed E-state index contributed by atoms with van der Waals surface area (Å²) in [5.41, 5.74) is 0.749. The number of thiazole rings is 1. The Labute approximate surface area is 132 Å². The average Bonchev–Trinajstić information content (AvgIpc) is 2.89. The lowest BCUT2D eigenvalue weighted by Gasteiger charge is -2.23. The summed E-state index contributed by atoms with van der Waals surface area (Å²) in [7, 11) is 1.62. The van der Waals surface area contributed by atoms with Gasteiger partial charge in [0.15, 0.2) is 5.69 Å². The van der Waals surface area contributed by atoms with Crippen LogP contribution in [0.1, 0.15) is 34.9 Å². The van der Waals surface area contributed by atoms with E-state index in [1.54, 1.807) is 18.6 Å². The number of carboxylic acid groups (broad SMARTS) is 1. The number of hydrogen-bond donors (Lipinski definition) is 1. The smallest absolute Gasteiger partial charge is 0.355 e. The third-order valence-corrected chi connectivity index (χ3v) is 4.62. The maximum atomic E-state index is 11.0. The van der Waals surface area contributed by atoms with Crippen molar-refractivity contribution in [3.8, 4) is 5.75 Å². The molecule has 0 aliphatic heterocycles. The highest BCUT2D eigenvalue weighted by molar-refractivity contribution is 7.10. The van der Waals surface area contributed by atoms with Crippen LogP contribution in [0.25, 0.3) is 0 Å². The summed E-state index contributed by atoms with van der Waals surface area (Å²) in [5, 5.41) is 12.0. The van der Waals surface area contributed by atoms with Gasteiger partial charge in [-0.05, 0) is 30.2 Å². The van der Waals surface area contributed by atoms with Crippen LogP contribution in [0.4, 0.5) is 0 Å². The molecule has 1 aromatic heterocycles. The Morgan fingerprint density at radius 2 is 2.19 bits per heavy atom. The molecule has 6 heteroatoms. The Kier molecular flexibility index (Phi) is 4.54. The van der Waals surface area contributed by atoms with Gasteiger partial charge in [0.05, 0.1) is 12.1 Å². The Balaban J connectivity index is 2.31. The molecule has 0 bridgehead atoms. The first-order valence-corrected chi connectivity index (χ1v) is 7.61. The van der Waals surface area contributed by atoms with Gasteiger partial charge in [-0.15, -0.1) is 11.3 Å². The van der Waals surface area contributed by atoms with E-state index in [4.69, 9.17) is 21.4 Å². The van der Waals surface area contributed by atoms with E-state index in [0.29, 0.717) is 11.4 Å². The van der Waals surface area contributed by atoms with Gasteiger partial charge in [0.25, 0.3) is 0 Å². The molecular weight excluding hydrogens is 310 g/mol.